The molecule has 0 N–H and O–H groups in total. The van der Waals surface area contributed by atoms with Crippen molar-refractivity contribution in [2.75, 3.05) is 54.4 Å². The maximum Gasteiger partial charge on any atom is 0.0811 e. The molecule has 1 aliphatic rings. The van der Waals surface area contributed by atoms with Crippen LogP contribution in [0.2, 0.25) is 0 Å². The van der Waals surface area contributed by atoms with Crippen LogP contribution in [-0.4, -0.2) is 63.3 Å². The van der Waals surface area contributed by atoms with Crippen LogP contribution in [0.15, 0.2) is 0 Å². The van der Waals surface area contributed by atoms with Crippen molar-refractivity contribution in [3.63, 3.8) is 0 Å². The molecule has 0 spiro atoms. The van der Waals surface area contributed by atoms with Gasteiger partial charge in [0.15, 0.2) is 0 Å². The van der Waals surface area contributed by atoms with Gasteiger partial charge < -0.3 is 42.9 Å². The molecule has 1 aliphatic carbocycles. The molecule has 1 rings (SSSR count). The average molecular weight is 641 g/mol. The van der Waals surface area contributed by atoms with Crippen molar-refractivity contribution < 1.29 is 42.9 Å². The highest BCUT2D eigenvalue weighted by molar-refractivity contribution is 4.72. The highest BCUT2D eigenvalue weighted by atomic mass is 79.9. The molecule has 0 amide bonds. The Hall–Kier alpha value is 0.880. The molecule has 0 saturated heterocycles. The van der Waals surface area contributed by atoms with Crippen molar-refractivity contribution >= 4 is 0 Å². The number of hydrogen-bond donors (Lipinski definition) is 0. The summed E-state index contributed by atoms with van der Waals surface area (Å²) in [6, 6.07) is 0. The fourth-order valence-electron chi connectivity index (χ4n) is 6.52. The summed E-state index contributed by atoms with van der Waals surface area (Å²) in [5.74, 6) is 1.95. The highest BCUT2D eigenvalue weighted by Crippen LogP contribution is 2.31. The first kappa shape index (κ1) is 39.0. The Balaban J connectivity index is 0. The second-order valence-corrected chi connectivity index (χ2v) is 13.5. The summed E-state index contributed by atoms with van der Waals surface area (Å²) < 4.78 is 2.51. The van der Waals surface area contributed by atoms with Crippen LogP contribution in [0.3, 0.4) is 0 Å². The first-order valence-corrected chi connectivity index (χ1v) is 15.9. The lowest BCUT2D eigenvalue weighted by Gasteiger charge is -2.39. The van der Waals surface area contributed by atoms with Crippen molar-refractivity contribution in [1.82, 2.24) is 0 Å². The Labute approximate surface area is 250 Å². The molecule has 0 heterocycles. The Morgan fingerprint density at radius 3 is 0.944 bits per heavy atom. The van der Waals surface area contributed by atoms with Crippen molar-refractivity contribution in [1.29, 1.82) is 0 Å². The minimum Gasteiger partial charge on any atom is -1.00 e. The Bertz CT molecular complexity index is 417. The molecule has 0 aromatic rings. The van der Waals surface area contributed by atoms with Crippen molar-refractivity contribution in [3.05, 3.63) is 0 Å². The van der Waals surface area contributed by atoms with Gasteiger partial charge in [0.2, 0.25) is 0 Å². The zero-order valence-corrected chi connectivity index (χ0v) is 28.9. The van der Waals surface area contributed by atoms with Crippen LogP contribution < -0.4 is 34.0 Å². The van der Waals surface area contributed by atoms with E-state index in [1.807, 2.05) is 0 Å². The molecule has 0 bridgehead atoms. The molecule has 0 unspecified atom stereocenters. The Morgan fingerprint density at radius 2 is 0.667 bits per heavy atom. The SMILES string of the molecule is CCCCCCCCCC[N+](C)(C)CC1CCC(C[N+](C)(C)CCCCCCCCCC)CC1.[Br-].[Br-]. The van der Waals surface area contributed by atoms with E-state index in [1.165, 1.54) is 164 Å². The number of rotatable bonds is 22. The van der Waals surface area contributed by atoms with E-state index in [2.05, 4.69) is 42.0 Å². The summed E-state index contributed by atoms with van der Waals surface area (Å²) in [5.41, 5.74) is 0. The van der Waals surface area contributed by atoms with E-state index in [4.69, 9.17) is 0 Å². The zero-order valence-electron chi connectivity index (χ0n) is 25.8. The molecule has 0 aromatic heterocycles. The third-order valence-electron chi connectivity index (χ3n) is 8.71. The molecule has 0 atom stereocenters. The van der Waals surface area contributed by atoms with Gasteiger partial charge >= 0.3 is 0 Å². The molecule has 1 saturated carbocycles. The van der Waals surface area contributed by atoms with E-state index in [0.29, 0.717) is 0 Å². The van der Waals surface area contributed by atoms with Crippen molar-refractivity contribution in [2.45, 2.75) is 142 Å². The number of nitrogens with zero attached hydrogens (tertiary/aromatic N) is 2. The average Bonchev–Trinajstić information content (AvgIpc) is 2.78. The molecule has 0 aromatic carbocycles. The Morgan fingerprint density at radius 1 is 0.417 bits per heavy atom. The van der Waals surface area contributed by atoms with Crippen LogP contribution in [0.1, 0.15) is 142 Å². The van der Waals surface area contributed by atoms with E-state index in [-0.39, 0.29) is 34.0 Å². The van der Waals surface area contributed by atoms with Crippen LogP contribution in [-0.2, 0) is 0 Å². The lowest BCUT2D eigenvalue weighted by molar-refractivity contribution is -0.895. The second kappa shape index (κ2) is 23.7. The van der Waals surface area contributed by atoms with Gasteiger partial charge in [-0.1, -0.05) is 90.9 Å². The van der Waals surface area contributed by atoms with E-state index in [1.54, 1.807) is 0 Å². The monoisotopic (exact) mass is 638 g/mol. The predicted octanol–water partition coefficient (Wildman–Crippen LogP) is 3.24. The summed E-state index contributed by atoms with van der Waals surface area (Å²) in [6.07, 6.45) is 29.0. The normalized spacial score (nSPS) is 18.5. The lowest BCUT2D eigenvalue weighted by atomic mass is 9.81. The van der Waals surface area contributed by atoms with E-state index >= 15 is 0 Å². The standard InChI is InChI=1S/C32H68N2.2BrH/c1-7-9-11-13-15-17-19-21-27-33(3,4)29-31-23-25-32(26-24-31)30-34(5,6)28-22-20-18-16-14-12-10-8-2;;/h31-32H,7-30H2,1-6H3;2*1H/q+2;;/p-2. The van der Waals surface area contributed by atoms with Gasteiger partial charge in [0.1, 0.15) is 0 Å². The van der Waals surface area contributed by atoms with Crippen LogP contribution >= 0.6 is 0 Å². The Kier molecular flexibility index (Phi) is 25.7. The van der Waals surface area contributed by atoms with Gasteiger partial charge in [0.05, 0.1) is 54.4 Å². The largest absolute Gasteiger partial charge is 1.00 e. The quantitative estimate of drug-likeness (QED) is 0.126. The molecule has 36 heavy (non-hydrogen) atoms. The summed E-state index contributed by atoms with van der Waals surface area (Å²) in [6.45, 7) is 10.2. The fraction of sp³-hybridized carbons (Fsp3) is 1.00. The molecule has 1 fully saturated rings. The van der Waals surface area contributed by atoms with Gasteiger partial charge in [-0.05, 0) is 51.4 Å². The second-order valence-electron chi connectivity index (χ2n) is 13.5. The van der Waals surface area contributed by atoms with Crippen LogP contribution in [0.25, 0.3) is 0 Å². The molecular formula is C32H68Br2N2. The van der Waals surface area contributed by atoms with Crippen LogP contribution in [0.5, 0.6) is 0 Å². The van der Waals surface area contributed by atoms with Crippen LogP contribution in [0.4, 0.5) is 0 Å². The zero-order chi connectivity index (χ0) is 25.1. The van der Waals surface area contributed by atoms with Crippen molar-refractivity contribution in [2.24, 2.45) is 11.8 Å². The summed E-state index contributed by atoms with van der Waals surface area (Å²) in [7, 11) is 9.99. The van der Waals surface area contributed by atoms with Gasteiger partial charge in [0, 0.05) is 11.8 Å². The summed E-state index contributed by atoms with van der Waals surface area (Å²) >= 11 is 0. The minimum absolute atomic E-state index is 0. The third-order valence-corrected chi connectivity index (χ3v) is 8.71. The molecule has 0 aliphatic heterocycles. The van der Waals surface area contributed by atoms with Crippen molar-refractivity contribution in [3.8, 4) is 0 Å². The minimum atomic E-state index is 0. The maximum absolute atomic E-state index is 2.50. The van der Waals surface area contributed by atoms with Gasteiger partial charge in [-0.2, -0.15) is 0 Å². The molecule has 220 valence electrons. The van der Waals surface area contributed by atoms with Gasteiger partial charge in [-0.15, -0.1) is 0 Å². The topological polar surface area (TPSA) is 0 Å². The molecule has 0 radical (unpaired) electrons. The lowest BCUT2D eigenvalue weighted by Crippen LogP contribution is -3.00. The number of unbranched alkanes of at least 4 members (excludes halogenated alkanes) is 14. The number of quaternary nitrogens is 2. The first-order valence-electron chi connectivity index (χ1n) is 15.9. The predicted molar refractivity (Wildman–Crippen MR) is 154 cm³/mol. The molecule has 2 nitrogen and oxygen atoms in total. The van der Waals surface area contributed by atoms with E-state index < -0.39 is 0 Å². The summed E-state index contributed by atoms with van der Waals surface area (Å²) in [5, 5.41) is 0. The maximum atomic E-state index is 2.50. The first-order chi connectivity index (χ1) is 16.3. The molecule has 4 heteroatoms. The van der Waals surface area contributed by atoms with Gasteiger partial charge in [-0.3, -0.25) is 0 Å². The van der Waals surface area contributed by atoms with Gasteiger partial charge in [0.25, 0.3) is 0 Å². The van der Waals surface area contributed by atoms with E-state index in [9.17, 15) is 0 Å². The van der Waals surface area contributed by atoms with E-state index in [0.717, 1.165) is 11.8 Å². The summed E-state index contributed by atoms with van der Waals surface area (Å²) in [4.78, 5) is 0. The van der Waals surface area contributed by atoms with Crippen LogP contribution in [0, 0.1) is 11.8 Å². The fourth-order valence-corrected chi connectivity index (χ4v) is 6.52. The smallest absolute Gasteiger partial charge is 0.0811 e. The molecular weight excluding hydrogens is 572 g/mol. The highest BCUT2D eigenvalue weighted by Gasteiger charge is 2.30. The number of halogens is 2. The van der Waals surface area contributed by atoms with Gasteiger partial charge in [-0.25, -0.2) is 0 Å². The number of hydrogen-bond acceptors (Lipinski definition) is 0. The third kappa shape index (κ3) is 21.8.